The van der Waals surface area contributed by atoms with Crippen LogP contribution in [0.1, 0.15) is 19.3 Å². The normalized spacial score (nSPS) is 22.0. The second-order valence-corrected chi connectivity index (χ2v) is 5.53. The van der Waals surface area contributed by atoms with Crippen LogP contribution in [-0.2, 0) is 4.79 Å². The summed E-state index contributed by atoms with van der Waals surface area (Å²) in [6.07, 6.45) is 2.37. The van der Waals surface area contributed by atoms with Crippen LogP contribution < -0.4 is 10.2 Å². The highest BCUT2D eigenvalue weighted by Gasteiger charge is 2.32. The number of anilines is 1. The maximum absolute atomic E-state index is 12.9. The van der Waals surface area contributed by atoms with Crippen molar-refractivity contribution in [3.05, 3.63) is 30.1 Å². The van der Waals surface area contributed by atoms with Crippen LogP contribution in [0.4, 0.5) is 14.9 Å². The summed E-state index contributed by atoms with van der Waals surface area (Å²) < 4.78 is 12.9. The Bertz CT molecular complexity index is 540. The molecule has 3 rings (SSSR count). The first-order chi connectivity index (χ1) is 10.1. The minimum absolute atomic E-state index is 0.0478. The van der Waals surface area contributed by atoms with Crippen molar-refractivity contribution in [3.8, 4) is 0 Å². The van der Waals surface area contributed by atoms with E-state index in [4.69, 9.17) is 0 Å². The molecule has 1 aromatic rings. The van der Waals surface area contributed by atoms with E-state index in [0.717, 1.165) is 25.9 Å². The zero-order chi connectivity index (χ0) is 14.8. The summed E-state index contributed by atoms with van der Waals surface area (Å²) in [4.78, 5) is 27.4. The van der Waals surface area contributed by atoms with E-state index in [1.54, 1.807) is 21.9 Å². The van der Waals surface area contributed by atoms with Gasteiger partial charge in [-0.15, -0.1) is 0 Å². The Kier molecular flexibility index (Phi) is 3.77. The lowest BCUT2D eigenvalue weighted by Crippen LogP contribution is -2.44. The Labute approximate surface area is 122 Å². The standard InChI is InChI=1S/C15H18FN3O2/c16-11-3-5-13(6-4-11)19-10-12(9-14(19)20)17-15(21)18-7-1-2-8-18/h3-6,12H,1-2,7-10H2,(H,17,21)/t12-/m0/s1. The van der Waals surface area contributed by atoms with E-state index < -0.39 is 0 Å². The van der Waals surface area contributed by atoms with Gasteiger partial charge in [-0.3, -0.25) is 4.79 Å². The van der Waals surface area contributed by atoms with Gasteiger partial charge in [0.2, 0.25) is 5.91 Å². The SMILES string of the molecule is O=C(N[C@H]1CC(=O)N(c2ccc(F)cc2)C1)N1CCCC1. The van der Waals surface area contributed by atoms with Gasteiger partial charge >= 0.3 is 6.03 Å². The average molecular weight is 291 g/mol. The van der Waals surface area contributed by atoms with Crippen LogP contribution in [0.15, 0.2) is 24.3 Å². The summed E-state index contributed by atoms with van der Waals surface area (Å²) in [7, 11) is 0. The summed E-state index contributed by atoms with van der Waals surface area (Å²) >= 11 is 0. The number of hydrogen-bond donors (Lipinski definition) is 1. The van der Waals surface area contributed by atoms with Gasteiger partial charge in [-0.1, -0.05) is 0 Å². The van der Waals surface area contributed by atoms with Gasteiger partial charge in [0.1, 0.15) is 5.82 Å². The van der Waals surface area contributed by atoms with E-state index in [1.807, 2.05) is 0 Å². The van der Waals surface area contributed by atoms with Gasteiger partial charge in [0.05, 0.1) is 6.04 Å². The van der Waals surface area contributed by atoms with Crippen molar-refractivity contribution < 1.29 is 14.0 Å². The van der Waals surface area contributed by atoms with Gasteiger partial charge < -0.3 is 15.1 Å². The fourth-order valence-corrected chi connectivity index (χ4v) is 2.86. The molecule has 0 spiro atoms. The molecule has 2 aliphatic rings. The number of benzene rings is 1. The molecule has 2 aliphatic heterocycles. The van der Waals surface area contributed by atoms with E-state index in [2.05, 4.69) is 5.32 Å². The van der Waals surface area contributed by atoms with Gasteiger partial charge in [0, 0.05) is 31.7 Å². The van der Waals surface area contributed by atoms with Crippen molar-refractivity contribution in [1.29, 1.82) is 0 Å². The Hall–Kier alpha value is -2.11. The maximum atomic E-state index is 12.9. The molecular formula is C15H18FN3O2. The fraction of sp³-hybridized carbons (Fsp3) is 0.467. The topological polar surface area (TPSA) is 52.7 Å². The molecule has 0 bridgehead atoms. The van der Waals surface area contributed by atoms with Gasteiger partial charge in [-0.05, 0) is 37.1 Å². The van der Waals surface area contributed by atoms with Gasteiger partial charge in [-0.2, -0.15) is 0 Å². The summed E-state index contributed by atoms with van der Waals surface area (Å²) in [5.41, 5.74) is 0.666. The Morgan fingerprint density at radius 1 is 1.19 bits per heavy atom. The van der Waals surface area contributed by atoms with Crippen molar-refractivity contribution in [2.75, 3.05) is 24.5 Å². The summed E-state index contributed by atoms with van der Waals surface area (Å²) in [6, 6.07) is 5.55. The molecule has 0 aliphatic carbocycles. The first-order valence-electron chi connectivity index (χ1n) is 7.25. The minimum atomic E-state index is -0.329. The summed E-state index contributed by atoms with van der Waals surface area (Å²) in [5.74, 6) is -0.377. The third-order valence-electron chi connectivity index (χ3n) is 3.98. The third kappa shape index (κ3) is 2.99. The van der Waals surface area contributed by atoms with Crippen molar-refractivity contribution in [3.63, 3.8) is 0 Å². The first kappa shape index (κ1) is 13.9. The van der Waals surface area contributed by atoms with Crippen LogP contribution in [0.3, 0.4) is 0 Å². The molecule has 6 heteroatoms. The van der Waals surface area contributed by atoms with Crippen LogP contribution in [0.5, 0.6) is 0 Å². The number of hydrogen-bond acceptors (Lipinski definition) is 2. The van der Waals surface area contributed by atoms with Crippen molar-refractivity contribution in [2.45, 2.75) is 25.3 Å². The van der Waals surface area contributed by atoms with E-state index in [9.17, 15) is 14.0 Å². The molecule has 2 fully saturated rings. The lowest BCUT2D eigenvalue weighted by Gasteiger charge is -2.20. The molecule has 5 nitrogen and oxygen atoms in total. The zero-order valence-corrected chi connectivity index (χ0v) is 11.7. The van der Waals surface area contributed by atoms with Gasteiger partial charge in [0.25, 0.3) is 0 Å². The smallest absolute Gasteiger partial charge is 0.317 e. The maximum Gasteiger partial charge on any atom is 0.317 e. The van der Waals surface area contributed by atoms with Crippen LogP contribution in [-0.4, -0.2) is 42.5 Å². The van der Waals surface area contributed by atoms with Crippen LogP contribution in [0.2, 0.25) is 0 Å². The predicted molar refractivity (Wildman–Crippen MR) is 76.5 cm³/mol. The van der Waals surface area contributed by atoms with E-state index in [1.165, 1.54) is 12.1 Å². The largest absolute Gasteiger partial charge is 0.333 e. The number of amides is 3. The van der Waals surface area contributed by atoms with Gasteiger partial charge in [0.15, 0.2) is 0 Å². The summed E-state index contributed by atoms with van der Waals surface area (Å²) in [5, 5.41) is 2.91. The van der Waals surface area contributed by atoms with E-state index in [-0.39, 0.29) is 30.2 Å². The monoisotopic (exact) mass is 291 g/mol. The number of nitrogens with zero attached hydrogens (tertiary/aromatic N) is 2. The molecule has 112 valence electrons. The highest BCUT2D eigenvalue weighted by Crippen LogP contribution is 2.22. The zero-order valence-electron chi connectivity index (χ0n) is 11.7. The second kappa shape index (κ2) is 5.71. The third-order valence-corrected chi connectivity index (χ3v) is 3.98. The van der Waals surface area contributed by atoms with Crippen molar-refractivity contribution >= 4 is 17.6 Å². The molecule has 2 heterocycles. The Morgan fingerprint density at radius 2 is 1.86 bits per heavy atom. The number of halogens is 1. The fourth-order valence-electron chi connectivity index (χ4n) is 2.86. The molecule has 0 unspecified atom stereocenters. The van der Waals surface area contributed by atoms with E-state index in [0.29, 0.717) is 12.2 Å². The number of carbonyl (C=O) groups excluding carboxylic acids is 2. The second-order valence-electron chi connectivity index (χ2n) is 5.53. The number of nitrogens with one attached hydrogen (secondary N) is 1. The van der Waals surface area contributed by atoms with Crippen molar-refractivity contribution in [1.82, 2.24) is 10.2 Å². The summed E-state index contributed by atoms with van der Waals surface area (Å²) in [6.45, 7) is 2.01. The lowest BCUT2D eigenvalue weighted by atomic mass is 10.2. The molecule has 0 aromatic heterocycles. The highest BCUT2D eigenvalue weighted by molar-refractivity contribution is 5.96. The van der Waals surface area contributed by atoms with Crippen molar-refractivity contribution in [2.24, 2.45) is 0 Å². The number of rotatable bonds is 2. The average Bonchev–Trinajstić information content (AvgIpc) is 3.10. The van der Waals surface area contributed by atoms with E-state index >= 15 is 0 Å². The molecule has 0 saturated carbocycles. The quantitative estimate of drug-likeness (QED) is 0.902. The van der Waals surface area contributed by atoms with Crippen LogP contribution in [0, 0.1) is 5.82 Å². The molecule has 2 saturated heterocycles. The molecule has 21 heavy (non-hydrogen) atoms. The van der Waals surface area contributed by atoms with Gasteiger partial charge in [-0.25, -0.2) is 9.18 Å². The first-order valence-corrected chi connectivity index (χ1v) is 7.25. The minimum Gasteiger partial charge on any atom is -0.333 e. The number of carbonyl (C=O) groups is 2. The number of urea groups is 1. The Morgan fingerprint density at radius 3 is 2.52 bits per heavy atom. The van der Waals surface area contributed by atoms with Crippen LogP contribution in [0.25, 0.3) is 0 Å². The highest BCUT2D eigenvalue weighted by atomic mass is 19.1. The molecular weight excluding hydrogens is 273 g/mol. The molecule has 1 N–H and O–H groups in total. The van der Waals surface area contributed by atoms with Crippen LogP contribution >= 0.6 is 0 Å². The molecule has 3 amide bonds. The molecule has 1 aromatic carbocycles. The predicted octanol–water partition coefficient (Wildman–Crippen LogP) is 1.74. The number of likely N-dealkylation sites (tertiary alicyclic amines) is 1. The molecule has 1 atom stereocenters. The molecule has 0 radical (unpaired) electrons. The Balaban J connectivity index is 1.61. The lowest BCUT2D eigenvalue weighted by molar-refractivity contribution is -0.117.